The molecule has 1 aromatic carbocycles. The zero-order chi connectivity index (χ0) is 11.5. The van der Waals surface area contributed by atoms with Gasteiger partial charge in [-0.1, -0.05) is 12.1 Å². The largest absolute Gasteiger partial charge is 0.335 e. The molecule has 2 aromatic rings. The second-order valence-electron chi connectivity index (χ2n) is 3.35. The second-order valence-corrected chi connectivity index (χ2v) is 4.14. The maximum atomic E-state index is 13.3. The van der Waals surface area contributed by atoms with Crippen molar-refractivity contribution < 1.29 is 4.39 Å². The first kappa shape index (κ1) is 10.9. The van der Waals surface area contributed by atoms with Crippen LogP contribution in [0.25, 0.3) is 0 Å². The molecule has 0 atom stereocenters. The van der Waals surface area contributed by atoms with E-state index in [1.54, 1.807) is 29.0 Å². The number of nitriles is 1. The Morgan fingerprint density at radius 1 is 1.31 bits per heavy atom. The SMILES string of the molecule is N#Cc1cccn1Cc1cccc(F)c1Br. The highest BCUT2D eigenvalue weighted by Crippen LogP contribution is 2.21. The Kier molecular flexibility index (Phi) is 3.07. The summed E-state index contributed by atoms with van der Waals surface area (Å²) in [4.78, 5) is 0. The minimum Gasteiger partial charge on any atom is -0.335 e. The summed E-state index contributed by atoms with van der Waals surface area (Å²) in [6.45, 7) is 0.480. The van der Waals surface area contributed by atoms with E-state index in [4.69, 9.17) is 5.26 Å². The molecule has 0 unspecified atom stereocenters. The molecule has 0 aliphatic rings. The van der Waals surface area contributed by atoms with Gasteiger partial charge in [0.1, 0.15) is 17.6 Å². The second kappa shape index (κ2) is 4.50. The highest BCUT2D eigenvalue weighted by molar-refractivity contribution is 9.10. The molecule has 0 fully saturated rings. The third kappa shape index (κ3) is 2.00. The first-order valence-corrected chi connectivity index (χ1v) is 5.50. The molecule has 0 aliphatic heterocycles. The minimum atomic E-state index is -0.289. The summed E-state index contributed by atoms with van der Waals surface area (Å²) >= 11 is 3.20. The summed E-state index contributed by atoms with van der Waals surface area (Å²) in [6, 6.07) is 10.5. The van der Waals surface area contributed by atoms with E-state index in [2.05, 4.69) is 22.0 Å². The van der Waals surface area contributed by atoms with Crippen molar-refractivity contribution in [1.29, 1.82) is 5.26 Å². The summed E-state index contributed by atoms with van der Waals surface area (Å²) in [5.41, 5.74) is 1.38. The zero-order valence-electron chi connectivity index (χ0n) is 8.32. The van der Waals surface area contributed by atoms with Crippen LogP contribution in [0.4, 0.5) is 4.39 Å². The fraction of sp³-hybridized carbons (Fsp3) is 0.0833. The van der Waals surface area contributed by atoms with Gasteiger partial charge in [0.2, 0.25) is 0 Å². The average Bonchev–Trinajstić information content (AvgIpc) is 2.72. The lowest BCUT2D eigenvalue weighted by molar-refractivity contribution is 0.615. The van der Waals surface area contributed by atoms with Gasteiger partial charge in [0.15, 0.2) is 0 Å². The molecule has 1 aromatic heterocycles. The lowest BCUT2D eigenvalue weighted by Crippen LogP contribution is -2.02. The van der Waals surface area contributed by atoms with Crippen molar-refractivity contribution >= 4 is 15.9 Å². The normalized spacial score (nSPS) is 10.1. The molecule has 16 heavy (non-hydrogen) atoms. The number of rotatable bonds is 2. The van der Waals surface area contributed by atoms with Gasteiger partial charge in [-0.3, -0.25) is 0 Å². The molecule has 0 aliphatic carbocycles. The van der Waals surface area contributed by atoms with Gasteiger partial charge in [-0.15, -0.1) is 0 Å². The van der Waals surface area contributed by atoms with Gasteiger partial charge < -0.3 is 4.57 Å². The number of nitrogens with zero attached hydrogens (tertiary/aromatic N) is 2. The maximum absolute atomic E-state index is 13.3. The molecule has 0 saturated carbocycles. The Morgan fingerprint density at radius 2 is 2.12 bits per heavy atom. The minimum absolute atomic E-state index is 0.289. The van der Waals surface area contributed by atoms with Gasteiger partial charge >= 0.3 is 0 Å². The van der Waals surface area contributed by atoms with Crippen LogP contribution >= 0.6 is 15.9 Å². The smallest absolute Gasteiger partial charge is 0.137 e. The lowest BCUT2D eigenvalue weighted by atomic mass is 10.2. The molecular formula is C12H8BrFN2. The van der Waals surface area contributed by atoms with Crippen molar-refractivity contribution in [3.63, 3.8) is 0 Å². The van der Waals surface area contributed by atoms with E-state index in [1.807, 2.05) is 6.07 Å². The van der Waals surface area contributed by atoms with E-state index in [-0.39, 0.29) is 5.82 Å². The Balaban J connectivity index is 2.35. The number of benzene rings is 1. The van der Waals surface area contributed by atoms with Crippen LogP contribution in [0.1, 0.15) is 11.3 Å². The van der Waals surface area contributed by atoms with Crippen LogP contribution < -0.4 is 0 Å². The number of aromatic nitrogens is 1. The van der Waals surface area contributed by atoms with Crippen LogP contribution in [0.5, 0.6) is 0 Å². The predicted octanol–water partition coefficient (Wildman–Crippen LogP) is 3.31. The molecule has 2 nitrogen and oxygen atoms in total. The summed E-state index contributed by atoms with van der Waals surface area (Å²) in [7, 11) is 0. The van der Waals surface area contributed by atoms with Crippen LogP contribution in [-0.2, 0) is 6.54 Å². The fourth-order valence-corrected chi connectivity index (χ4v) is 1.90. The van der Waals surface area contributed by atoms with E-state index in [0.29, 0.717) is 16.7 Å². The molecule has 80 valence electrons. The fourth-order valence-electron chi connectivity index (χ4n) is 1.51. The number of halogens is 2. The number of hydrogen-bond donors (Lipinski definition) is 0. The van der Waals surface area contributed by atoms with Gasteiger partial charge in [-0.2, -0.15) is 5.26 Å². The van der Waals surface area contributed by atoms with Crippen molar-refractivity contribution in [1.82, 2.24) is 4.57 Å². The Hall–Kier alpha value is -1.60. The van der Waals surface area contributed by atoms with E-state index in [9.17, 15) is 4.39 Å². The van der Waals surface area contributed by atoms with Gasteiger partial charge in [0.25, 0.3) is 0 Å². The van der Waals surface area contributed by atoms with Crippen LogP contribution in [-0.4, -0.2) is 4.57 Å². The zero-order valence-corrected chi connectivity index (χ0v) is 9.91. The summed E-state index contributed by atoms with van der Waals surface area (Å²) < 4.78 is 15.5. The van der Waals surface area contributed by atoms with Crippen molar-refractivity contribution in [2.24, 2.45) is 0 Å². The van der Waals surface area contributed by atoms with Crippen LogP contribution in [0, 0.1) is 17.1 Å². The van der Waals surface area contributed by atoms with Crippen molar-refractivity contribution in [3.05, 3.63) is 58.1 Å². The third-order valence-corrected chi connectivity index (χ3v) is 3.20. The average molecular weight is 279 g/mol. The first-order chi connectivity index (χ1) is 7.72. The molecular weight excluding hydrogens is 271 g/mol. The third-order valence-electron chi connectivity index (χ3n) is 2.32. The molecule has 1 heterocycles. The Morgan fingerprint density at radius 3 is 2.88 bits per heavy atom. The van der Waals surface area contributed by atoms with Crippen molar-refractivity contribution in [2.45, 2.75) is 6.54 Å². The van der Waals surface area contributed by atoms with E-state index in [0.717, 1.165) is 5.56 Å². The van der Waals surface area contributed by atoms with Gasteiger partial charge in [0.05, 0.1) is 4.47 Å². The lowest BCUT2D eigenvalue weighted by Gasteiger charge is -2.07. The molecule has 0 spiro atoms. The number of hydrogen-bond acceptors (Lipinski definition) is 1. The predicted molar refractivity (Wildman–Crippen MR) is 62.3 cm³/mol. The van der Waals surface area contributed by atoms with Crippen molar-refractivity contribution in [3.8, 4) is 6.07 Å². The van der Waals surface area contributed by atoms with Gasteiger partial charge in [-0.25, -0.2) is 4.39 Å². The van der Waals surface area contributed by atoms with Gasteiger partial charge in [-0.05, 0) is 39.7 Å². The van der Waals surface area contributed by atoms with E-state index >= 15 is 0 Å². The Bertz CT molecular complexity index is 554. The molecule has 0 N–H and O–H groups in total. The summed E-state index contributed by atoms with van der Waals surface area (Å²) in [6.07, 6.45) is 1.80. The Labute approximate surface area is 101 Å². The molecule has 2 rings (SSSR count). The highest BCUT2D eigenvalue weighted by Gasteiger charge is 2.07. The molecule has 0 bridgehead atoms. The molecule has 0 radical (unpaired) electrons. The maximum Gasteiger partial charge on any atom is 0.137 e. The highest BCUT2D eigenvalue weighted by atomic mass is 79.9. The monoisotopic (exact) mass is 278 g/mol. The van der Waals surface area contributed by atoms with E-state index in [1.165, 1.54) is 6.07 Å². The van der Waals surface area contributed by atoms with Crippen molar-refractivity contribution in [2.75, 3.05) is 0 Å². The van der Waals surface area contributed by atoms with Gasteiger partial charge in [0, 0.05) is 12.7 Å². The molecule has 4 heteroatoms. The standard InChI is InChI=1S/C12H8BrFN2/c13-12-9(3-1-5-11(12)14)8-16-6-2-4-10(16)7-15/h1-6H,8H2. The van der Waals surface area contributed by atoms with Crippen LogP contribution in [0.3, 0.4) is 0 Å². The molecule has 0 saturated heterocycles. The topological polar surface area (TPSA) is 28.7 Å². The summed E-state index contributed by atoms with van der Waals surface area (Å²) in [5, 5.41) is 8.85. The molecule has 0 amide bonds. The van der Waals surface area contributed by atoms with Crippen LogP contribution in [0.15, 0.2) is 41.0 Å². The summed E-state index contributed by atoms with van der Waals surface area (Å²) in [5.74, 6) is -0.289. The van der Waals surface area contributed by atoms with E-state index < -0.39 is 0 Å². The quantitative estimate of drug-likeness (QED) is 0.829. The first-order valence-electron chi connectivity index (χ1n) is 4.70. The van der Waals surface area contributed by atoms with Crippen LogP contribution in [0.2, 0.25) is 0 Å².